The Balaban J connectivity index is 1.50. The molecule has 176 valence electrons. The quantitative estimate of drug-likeness (QED) is 0.737. The number of hydrogen-bond donors (Lipinski definition) is 2. The highest BCUT2D eigenvalue weighted by Gasteiger charge is 2.39. The van der Waals surface area contributed by atoms with Gasteiger partial charge in [-0.1, -0.05) is 6.07 Å². The van der Waals surface area contributed by atoms with Crippen LogP contribution in [0.15, 0.2) is 24.3 Å². The minimum absolute atomic E-state index is 0.0535. The number of likely N-dealkylation sites (tertiary alicyclic amines) is 2. The molecule has 0 saturated carbocycles. The third-order valence-corrected chi connectivity index (χ3v) is 5.63. The summed E-state index contributed by atoms with van der Waals surface area (Å²) in [5.74, 6) is -0.360. The Morgan fingerprint density at radius 2 is 1.91 bits per heavy atom. The number of nitrogens with one attached hydrogen (secondary N) is 2. The van der Waals surface area contributed by atoms with Crippen LogP contribution in [0.4, 0.5) is 19.7 Å². The fraction of sp³-hybridized carbons (Fsp3) is 0.609. The van der Waals surface area contributed by atoms with Crippen molar-refractivity contribution in [3.8, 4) is 0 Å². The smallest absolute Gasteiger partial charge is 0.410 e. The van der Waals surface area contributed by atoms with Gasteiger partial charge in [0.05, 0.1) is 0 Å². The van der Waals surface area contributed by atoms with Gasteiger partial charge in [0, 0.05) is 31.9 Å². The SMILES string of the molecule is CC(C)(C)OC(=O)N1CCC[C@H]1C(=O)N1CCCC(CNC(=O)Nc2cccc(F)c2)C1. The Labute approximate surface area is 188 Å². The van der Waals surface area contributed by atoms with Crippen LogP contribution in [-0.2, 0) is 9.53 Å². The number of piperidine rings is 1. The van der Waals surface area contributed by atoms with E-state index in [1.807, 2.05) is 20.8 Å². The van der Waals surface area contributed by atoms with Crippen LogP contribution in [0.1, 0.15) is 46.5 Å². The van der Waals surface area contributed by atoms with Gasteiger partial charge < -0.3 is 20.3 Å². The second-order valence-corrected chi connectivity index (χ2v) is 9.47. The zero-order valence-corrected chi connectivity index (χ0v) is 19.0. The topological polar surface area (TPSA) is 91.0 Å². The second-order valence-electron chi connectivity index (χ2n) is 9.47. The van der Waals surface area contributed by atoms with Crippen molar-refractivity contribution in [3.63, 3.8) is 0 Å². The van der Waals surface area contributed by atoms with Crippen molar-refractivity contribution in [2.75, 3.05) is 31.5 Å². The first-order valence-corrected chi connectivity index (χ1v) is 11.2. The summed E-state index contributed by atoms with van der Waals surface area (Å²) >= 11 is 0. The molecule has 0 radical (unpaired) electrons. The second kappa shape index (κ2) is 10.2. The van der Waals surface area contributed by atoms with E-state index in [1.54, 1.807) is 15.9 Å². The van der Waals surface area contributed by atoms with Gasteiger partial charge in [-0.2, -0.15) is 0 Å². The lowest BCUT2D eigenvalue weighted by Gasteiger charge is -2.36. The van der Waals surface area contributed by atoms with Crippen LogP contribution in [-0.4, -0.2) is 65.7 Å². The fourth-order valence-electron chi connectivity index (χ4n) is 4.18. The third-order valence-electron chi connectivity index (χ3n) is 5.63. The Hall–Kier alpha value is -2.84. The lowest BCUT2D eigenvalue weighted by atomic mass is 9.97. The number of anilines is 1. The van der Waals surface area contributed by atoms with Gasteiger partial charge >= 0.3 is 12.1 Å². The fourth-order valence-corrected chi connectivity index (χ4v) is 4.18. The highest BCUT2D eigenvalue weighted by molar-refractivity contribution is 5.89. The molecule has 3 rings (SSSR count). The van der Waals surface area contributed by atoms with Crippen molar-refractivity contribution in [2.45, 2.75) is 58.1 Å². The van der Waals surface area contributed by atoms with Gasteiger partial charge in [-0.05, 0) is 70.6 Å². The number of rotatable bonds is 4. The van der Waals surface area contributed by atoms with Gasteiger partial charge in [0.15, 0.2) is 0 Å². The molecule has 1 aromatic rings. The van der Waals surface area contributed by atoms with E-state index in [9.17, 15) is 18.8 Å². The maximum Gasteiger partial charge on any atom is 0.410 e. The average Bonchev–Trinajstić information content (AvgIpc) is 3.21. The average molecular weight is 449 g/mol. The predicted octanol–water partition coefficient (Wildman–Crippen LogP) is 3.59. The van der Waals surface area contributed by atoms with Crippen molar-refractivity contribution in [1.82, 2.24) is 15.1 Å². The monoisotopic (exact) mass is 448 g/mol. The first-order chi connectivity index (χ1) is 15.1. The molecule has 0 aromatic heterocycles. The molecule has 8 nitrogen and oxygen atoms in total. The van der Waals surface area contributed by atoms with Gasteiger partial charge in [-0.3, -0.25) is 9.69 Å². The molecule has 0 bridgehead atoms. The minimum Gasteiger partial charge on any atom is -0.444 e. The largest absolute Gasteiger partial charge is 0.444 e. The number of hydrogen-bond acceptors (Lipinski definition) is 4. The van der Waals surface area contributed by atoms with Crippen LogP contribution in [0.2, 0.25) is 0 Å². The van der Waals surface area contributed by atoms with Gasteiger partial charge in [0.1, 0.15) is 17.5 Å². The van der Waals surface area contributed by atoms with Gasteiger partial charge in [0.2, 0.25) is 5.91 Å². The molecule has 2 aliphatic rings. The number of benzene rings is 1. The molecule has 2 atom stereocenters. The standard InChI is InChI=1S/C23H33FN4O4/c1-23(2,3)32-22(31)28-12-6-10-19(28)20(29)27-11-5-7-16(15-27)14-25-21(30)26-18-9-4-8-17(24)13-18/h4,8-9,13,16,19H,5-7,10-12,14-15H2,1-3H3,(H2,25,26,30)/t16?,19-/m0/s1. The van der Waals surface area contributed by atoms with Crippen molar-refractivity contribution in [3.05, 3.63) is 30.1 Å². The van der Waals surface area contributed by atoms with Crippen LogP contribution in [0.5, 0.6) is 0 Å². The normalized spacial score (nSPS) is 21.2. The van der Waals surface area contributed by atoms with Crippen molar-refractivity contribution in [2.24, 2.45) is 5.92 Å². The number of carbonyl (C=O) groups is 3. The molecule has 0 spiro atoms. The van der Waals surface area contributed by atoms with Crippen LogP contribution in [0.25, 0.3) is 0 Å². The number of halogens is 1. The summed E-state index contributed by atoms with van der Waals surface area (Å²) in [5.41, 5.74) is -0.229. The summed E-state index contributed by atoms with van der Waals surface area (Å²) < 4.78 is 18.7. The molecule has 2 N–H and O–H groups in total. The lowest BCUT2D eigenvalue weighted by molar-refractivity contribution is -0.137. The lowest BCUT2D eigenvalue weighted by Crippen LogP contribution is -2.52. The number of ether oxygens (including phenoxy) is 1. The number of nitrogens with zero attached hydrogens (tertiary/aromatic N) is 2. The zero-order chi connectivity index (χ0) is 23.3. The first kappa shape index (κ1) is 23.8. The van der Waals surface area contributed by atoms with Gasteiger partial charge in [-0.25, -0.2) is 14.0 Å². The van der Waals surface area contributed by atoms with Crippen molar-refractivity contribution < 1.29 is 23.5 Å². The molecule has 2 saturated heterocycles. The summed E-state index contributed by atoms with van der Waals surface area (Å²) in [4.78, 5) is 41.2. The molecular weight excluding hydrogens is 415 g/mol. The van der Waals surface area contributed by atoms with E-state index >= 15 is 0 Å². The highest BCUT2D eigenvalue weighted by Crippen LogP contribution is 2.25. The molecule has 2 aliphatic heterocycles. The summed E-state index contributed by atoms with van der Waals surface area (Å²) in [7, 11) is 0. The number of amides is 4. The number of urea groups is 1. The summed E-state index contributed by atoms with van der Waals surface area (Å²) in [6.07, 6.45) is 2.69. The Morgan fingerprint density at radius 1 is 1.16 bits per heavy atom. The summed E-state index contributed by atoms with van der Waals surface area (Å²) in [5, 5.41) is 5.42. The molecule has 2 fully saturated rings. The maximum absolute atomic E-state index is 13.3. The molecule has 2 heterocycles. The van der Waals surface area contributed by atoms with Gasteiger partial charge in [-0.15, -0.1) is 0 Å². The van der Waals surface area contributed by atoms with E-state index in [1.165, 1.54) is 18.2 Å². The van der Waals surface area contributed by atoms with E-state index < -0.39 is 29.6 Å². The Morgan fingerprint density at radius 3 is 2.62 bits per heavy atom. The summed E-state index contributed by atoms with van der Waals surface area (Å²) in [6, 6.07) is 4.79. The van der Waals surface area contributed by atoms with Crippen LogP contribution < -0.4 is 10.6 Å². The van der Waals surface area contributed by atoms with Crippen LogP contribution >= 0.6 is 0 Å². The Kier molecular flexibility index (Phi) is 7.58. The molecule has 32 heavy (non-hydrogen) atoms. The zero-order valence-electron chi connectivity index (χ0n) is 19.0. The van der Waals surface area contributed by atoms with Gasteiger partial charge in [0.25, 0.3) is 0 Å². The van der Waals surface area contributed by atoms with Crippen molar-refractivity contribution >= 4 is 23.7 Å². The molecule has 9 heteroatoms. The maximum atomic E-state index is 13.3. The van der Waals surface area contributed by atoms with E-state index in [0.29, 0.717) is 38.3 Å². The molecule has 4 amide bonds. The molecule has 0 aliphatic carbocycles. The third kappa shape index (κ3) is 6.58. The summed E-state index contributed by atoms with van der Waals surface area (Å²) in [6.45, 7) is 7.52. The van der Waals surface area contributed by atoms with Crippen LogP contribution in [0, 0.1) is 11.7 Å². The Bertz CT molecular complexity index is 842. The van der Waals surface area contributed by atoms with E-state index in [2.05, 4.69) is 10.6 Å². The number of carbonyl (C=O) groups excluding carboxylic acids is 3. The predicted molar refractivity (Wildman–Crippen MR) is 119 cm³/mol. The van der Waals surface area contributed by atoms with E-state index in [0.717, 1.165) is 19.3 Å². The van der Waals surface area contributed by atoms with Crippen molar-refractivity contribution in [1.29, 1.82) is 0 Å². The molecule has 1 unspecified atom stereocenters. The first-order valence-electron chi connectivity index (χ1n) is 11.2. The highest BCUT2D eigenvalue weighted by atomic mass is 19.1. The van der Waals surface area contributed by atoms with Crippen LogP contribution in [0.3, 0.4) is 0 Å². The molecule has 1 aromatic carbocycles. The van der Waals surface area contributed by atoms with E-state index in [4.69, 9.17) is 4.74 Å². The molecular formula is C23H33FN4O4. The van der Waals surface area contributed by atoms with E-state index in [-0.39, 0.29) is 11.8 Å². The minimum atomic E-state index is -0.610.